The zero-order valence-corrected chi connectivity index (χ0v) is 12.5. The van der Waals surface area contributed by atoms with Gasteiger partial charge in [-0.05, 0) is 44.7 Å². The van der Waals surface area contributed by atoms with E-state index in [9.17, 15) is 4.79 Å². The quantitative estimate of drug-likeness (QED) is 0.926. The summed E-state index contributed by atoms with van der Waals surface area (Å²) < 4.78 is 0. The summed E-state index contributed by atoms with van der Waals surface area (Å²) in [7, 11) is 0. The van der Waals surface area contributed by atoms with Gasteiger partial charge >= 0.3 is 0 Å². The van der Waals surface area contributed by atoms with E-state index in [0.29, 0.717) is 16.5 Å². The van der Waals surface area contributed by atoms with Gasteiger partial charge in [-0.2, -0.15) is 0 Å². The molecule has 2 fully saturated rings. The topological polar surface area (TPSA) is 45.2 Å². The Bertz CT molecular complexity index is 516. The first-order chi connectivity index (χ1) is 9.63. The number of pyridine rings is 1. The van der Waals surface area contributed by atoms with Crippen LogP contribution in [0.15, 0.2) is 12.3 Å². The summed E-state index contributed by atoms with van der Waals surface area (Å²) in [6.07, 6.45) is 5.43. The highest BCUT2D eigenvalue weighted by Crippen LogP contribution is 2.31. The van der Waals surface area contributed by atoms with Crippen molar-refractivity contribution in [3.8, 4) is 0 Å². The van der Waals surface area contributed by atoms with Gasteiger partial charge in [-0.3, -0.25) is 9.78 Å². The molecule has 1 aliphatic carbocycles. The van der Waals surface area contributed by atoms with E-state index in [2.05, 4.69) is 15.2 Å². The molecule has 5 heteroatoms. The number of halogens is 1. The molecule has 1 atom stereocenters. The molecule has 1 unspecified atom stereocenters. The Kier molecular flexibility index (Phi) is 3.94. The van der Waals surface area contributed by atoms with Gasteiger partial charge in [0.1, 0.15) is 0 Å². The van der Waals surface area contributed by atoms with Crippen LogP contribution in [0.4, 0.5) is 0 Å². The number of carbonyl (C=O) groups is 1. The lowest BCUT2D eigenvalue weighted by Crippen LogP contribution is -2.31. The second kappa shape index (κ2) is 5.70. The highest BCUT2D eigenvalue weighted by atomic mass is 35.5. The molecule has 20 heavy (non-hydrogen) atoms. The number of nitrogens with zero attached hydrogens (tertiary/aromatic N) is 2. The maximum atomic E-state index is 12.1. The van der Waals surface area contributed by atoms with E-state index in [1.807, 2.05) is 6.92 Å². The minimum absolute atomic E-state index is 0.118. The third kappa shape index (κ3) is 3.13. The zero-order chi connectivity index (χ0) is 14.1. The monoisotopic (exact) mass is 293 g/mol. The van der Waals surface area contributed by atoms with Gasteiger partial charge in [0.25, 0.3) is 5.91 Å². The average molecular weight is 294 g/mol. The Balaban J connectivity index is 1.51. The van der Waals surface area contributed by atoms with Gasteiger partial charge in [0.05, 0.1) is 10.6 Å². The Morgan fingerprint density at radius 1 is 1.50 bits per heavy atom. The lowest BCUT2D eigenvalue weighted by molar-refractivity contribution is 0.0947. The van der Waals surface area contributed by atoms with Crippen molar-refractivity contribution in [3.63, 3.8) is 0 Å². The molecule has 1 aromatic heterocycles. The van der Waals surface area contributed by atoms with Crippen LogP contribution in [0.1, 0.15) is 35.3 Å². The van der Waals surface area contributed by atoms with Gasteiger partial charge in [-0.1, -0.05) is 11.6 Å². The van der Waals surface area contributed by atoms with Gasteiger partial charge in [-0.25, -0.2) is 0 Å². The second-order valence-corrected chi connectivity index (χ2v) is 6.30. The van der Waals surface area contributed by atoms with Crippen molar-refractivity contribution in [1.29, 1.82) is 0 Å². The van der Waals surface area contributed by atoms with Crippen LogP contribution >= 0.6 is 11.6 Å². The van der Waals surface area contributed by atoms with Crippen LogP contribution in [0.2, 0.25) is 5.02 Å². The van der Waals surface area contributed by atoms with Gasteiger partial charge in [-0.15, -0.1) is 0 Å². The van der Waals surface area contributed by atoms with Crippen LogP contribution in [0.5, 0.6) is 0 Å². The Morgan fingerprint density at radius 2 is 2.30 bits per heavy atom. The van der Waals surface area contributed by atoms with Crippen molar-refractivity contribution in [2.75, 3.05) is 19.6 Å². The van der Waals surface area contributed by atoms with E-state index >= 15 is 0 Å². The fourth-order valence-electron chi connectivity index (χ4n) is 2.83. The fourth-order valence-corrected chi connectivity index (χ4v) is 3.12. The van der Waals surface area contributed by atoms with Crippen molar-refractivity contribution >= 4 is 17.5 Å². The van der Waals surface area contributed by atoms with Crippen LogP contribution in [0, 0.1) is 12.8 Å². The van der Waals surface area contributed by atoms with Crippen molar-refractivity contribution in [2.45, 2.75) is 32.2 Å². The normalized spacial score (nSPS) is 23.0. The van der Waals surface area contributed by atoms with Gasteiger partial charge in [0, 0.05) is 31.0 Å². The minimum Gasteiger partial charge on any atom is -0.352 e. The number of nitrogens with one attached hydrogen (secondary N) is 1. The van der Waals surface area contributed by atoms with Crippen molar-refractivity contribution in [2.24, 2.45) is 5.92 Å². The molecule has 108 valence electrons. The van der Waals surface area contributed by atoms with Crippen LogP contribution in [-0.2, 0) is 0 Å². The molecular weight excluding hydrogens is 274 g/mol. The molecule has 1 amide bonds. The number of aromatic nitrogens is 1. The molecule has 0 aromatic carbocycles. The van der Waals surface area contributed by atoms with Crippen LogP contribution in [0.25, 0.3) is 0 Å². The van der Waals surface area contributed by atoms with Crippen molar-refractivity contribution < 1.29 is 4.79 Å². The molecule has 1 saturated carbocycles. The first-order valence-corrected chi connectivity index (χ1v) is 7.65. The summed E-state index contributed by atoms with van der Waals surface area (Å²) in [6, 6.07) is 2.55. The molecule has 1 aliphatic heterocycles. The van der Waals surface area contributed by atoms with E-state index in [4.69, 9.17) is 11.6 Å². The second-order valence-electron chi connectivity index (χ2n) is 5.90. The van der Waals surface area contributed by atoms with Crippen LogP contribution in [0.3, 0.4) is 0 Å². The summed E-state index contributed by atoms with van der Waals surface area (Å²) >= 11 is 6.08. The van der Waals surface area contributed by atoms with Crippen LogP contribution < -0.4 is 5.32 Å². The number of hydrogen-bond acceptors (Lipinski definition) is 3. The number of aryl methyl sites for hydroxylation is 1. The lowest BCUT2D eigenvalue weighted by Gasteiger charge is -2.15. The maximum absolute atomic E-state index is 12.1. The maximum Gasteiger partial charge on any atom is 0.254 e. The molecule has 3 rings (SSSR count). The number of rotatable bonds is 4. The number of likely N-dealkylation sites (tertiary alicyclic amines) is 1. The number of amides is 1. The highest BCUT2D eigenvalue weighted by Gasteiger charge is 2.34. The Labute approximate surface area is 124 Å². The third-order valence-corrected chi connectivity index (χ3v) is 4.48. The van der Waals surface area contributed by atoms with Gasteiger partial charge < -0.3 is 10.2 Å². The van der Waals surface area contributed by atoms with E-state index in [-0.39, 0.29) is 5.91 Å². The SMILES string of the molecule is Cc1cc(Cl)c(C(=O)NCC2CCN(C3CC3)C2)cn1. The predicted octanol–water partition coefficient (Wildman–Crippen LogP) is 2.26. The van der Waals surface area contributed by atoms with E-state index < -0.39 is 0 Å². The predicted molar refractivity (Wildman–Crippen MR) is 79.0 cm³/mol. The molecule has 1 N–H and O–H groups in total. The third-order valence-electron chi connectivity index (χ3n) is 4.17. The smallest absolute Gasteiger partial charge is 0.254 e. The Morgan fingerprint density at radius 3 is 3.00 bits per heavy atom. The summed E-state index contributed by atoms with van der Waals surface area (Å²) in [5.41, 5.74) is 1.29. The highest BCUT2D eigenvalue weighted by molar-refractivity contribution is 6.33. The minimum atomic E-state index is -0.118. The molecule has 2 aliphatic rings. The largest absolute Gasteiger partial charge is 0.352 e. The number of hydrogen-bond donors (Lipinski definition) is 1. The van der Waals surface area contributed by atoms with Gasteiger partial charge in [0.15, 0.2) is 0 Å². The molecular formula is C15H20ClN3O. The summed E-state index contributed by atoms with van der Waals surface area (Å²) in [5.74, 6) is 0.448. The molecule has 0 spiro atoms. The first kappa shape index (κ1) is 13.8. The fraction of sp³-hybridized carbons (Fsp3) is 0.600. The van der Waals surface area contributed by atoms with Crippen LogP contribution in [-0.4, -0.2) is 41.5 Å². The molecule has 2 heterocycles. The van der Waals surface area contributed by atoms with E-state index in [1.165, 1.54) is 25.8 Å². The summed E-state index contributed by atoms with van der Waals surface area (Å²) in [5, 5.41) is 3.46. The van der Waals surface area contributed by atoms with E-state index in [0.717, 1.165) is 24.8 Å². The average Bonchev–Trinajstić information content (AvgIpc) is 3.15. The first-order valence-electron chi connectivity index (χ1n) is 7.28. The van der Waals surface area contributed by atoms with Gasteiger partial charge in [0.2, 0.25) is 0 Å². The standard InChI is InChI=1S/C15H20ClN3O/c1-10-6-14(16)13(8-17-10)15(20)18-7-11-4-5-19(9-11)12-2-3-12/h6,8,11-12H,2-5,7,9H2,1H3,(H,18,20). The van der Waals surface area contributed by atoms with Crippen molar-refractivity contribution in [3.05, 3.63) is 28.5 Å². The molecule has 0 bridgehead atoms. The van der Waals surface area contributed by atoms with Crippen molar-refractivity contribution in [1.82, 2.24) is 15.2 Å². The lowest BCUT2D eigenvalue weighted by atomic mass is 10.1. The molecule has 1 saturated heterocycles. The number of carbonyl (C=O) groups excluding carboxylic acids is 1. The summed E-state index contributed by atoms with van der Waals surface area (Å²) in [6.45, 7) is 4.88. The molecule has 0 radical (unpaired) electrons. The van der Waals surface area contributed by atoms with E-state index in [1.54, 1.807) is 12.3 Å². The summed E-state index contributed by atoms with van der Waals surface area (Å²) in [4.78, 5) is 18.8. The molecule has 1 aromatic rings. The molecule has 4 nitrogen and oxygen atoms in total. The Hall–Kier alpha value is -1.13. The zero-order valence-electron chi connectivity index (χ0n) is 11.7.